The topological polar surface area (TPSA) is 54.6 Å². The van der Waals surface area contributed by atoms with Crippen molar-refractivity contribution in [2.45, 2.75) is 77.6 Å². The summed E-state index contributed by atoms with van der Waals surface area (Å²) in [5.41, 5.74) is 1.69. The van der Waals surface area contributed by atoms with Gasteiger partial charge in [0, 0.05) is 11.0 Å². The normalized spacial score (nSPS) is 10.8. The maximum Gasteiger partial charge on any atom is 0.494 e. The van der Waals surface area contributed by atoms with Crippen LogP contribution in [0.2, 0.25) is 0 Å². The second-order valence-corrected chi connectivity index (χ2v) is 5.98. The van der Waals surface area contributed by atoms with E-state index in [9.17, 15) is 0 Å². The molecule has 0 saturated heterocycles. The van der Waals surface area contributed by atoms with Crippen LogP contribution >= 0.6 is 0 Å². The maximum atomic E-state index is 9.13. The van der Waals surface area contributed by atoms with Crippen LogP contribution in [0.4, 0.5) is 0 Å². The molecule has 0 aliphatic rings. The van der Waals surface area contributed by atoms with Crippen LogP contribution in [0.3, 0.4) is 0 Å². The highest BCUT2D eigenvalue weighted by Crippen LogP contribution is 2.11. The van der Waals surface area contributed by atoms with Gasteiger partial charge in [-0.05, 0) is 18.9 Å². The quantitative estimate of drug-likeness (QED) is 0.459. The first-order valence-corrected chi connectivity index (χ1v) is 8.60. The van der Waals surface area contributed by atoms with Crippen LogP contribution in [-0.2, 0) is 6.42 Å². The van der Waals surface area contributed by atoms with Crippen LogP contribution in [0, 0.1) is 0 Å². The van der Waals surface area contributed by atoms with E-state index in [4.69, 9.17) is 10.0 Å². The van der Waals surface area contributed by atoms with E-state index in [2.05, 4.69) is 11.9 Å². The number of rotatable bonds is 12. The summed E-state index contributed by atoms with van der Waals surface area (Å²) in [6, 6.07) is 1.87. The molecule has 0 fully saturated rings. The first-order chi connectivity index (χ1) is 10.2. The third-order valence-corrected chi connectivity index (χ3v) is 3.99. The number of aromatic nitrogens is 1. The summed E-state index contributed by atoms with van der Waals surface area (Å²) >= 11 is 0. The van der Waals surface area contributed by atoms with E-state index < -0.39 is 7.12 Å². The number of nitrogens with one attached hydrogen (secondary N) is 1. The molecule has 0 aliphatic carbocycles. The number of aromatic amines is 1. The van der Waals surface area contributed by atoms with Crippen molar-refractivity contribution in [2.75, 3.05) is 0 Å². The third-order valence-electron chi connectivity index (χ3n) is 3.99. The standard InChI is InChI=1S/C17H30BNO2/c1-2-3-4-5-6-7-8-9-10-11-12-16-13-17(18(20)21)15-19-14-16/h13-15,20-21H,2-12H2,1H3/p+1. The highest BCUT2D eigenvalue weighted by atomic mass is 16.4. The lowest BCUT2D eigenvalue weighted by Crippen LogP contribution is -2.33. The predicted molar refractivity (Wildman–Crippen MR) is 88.4 cm³/mol. The monoisotopic (exact) mass is 292 g/mol. The first-order valence-electron chi connectivity index (χ1n) is 8.60. The molecule has 118 valence electrons. The molecule has 1 heterocycles. The van der Waals surface area contributed by atoms with Gasteiger partial charge in [-0.1, -0.05) is 64.7 Å². The molecule has 1 aromatic heterocycles. The van der Waals surface area contributed by atoms with Crippen LogP contribution in [0.25, 0.3) is 0 Å². The number of pyridine rings is 1. The van der Waals surface area contributed by atoms with E-state index in [1.807, 2.05) is 12.3 Å². The molecule has 4 heteroatoms. The van der Waals surface area contributed by atoms with Crippen molar-refractivity contribution in [3.63, 3.8) is 0 Å². The van der Waals surface area contributed by atoms with E-state index >= 15 is 0 Å². The average Bonchev–Trinajstić information content (AvgIpc) is 2.49. The van der Waals surface area contributed by atoms with Gasteiger partial charge in [-0.15, -0.1) is 0 Å². The summed E-state index contributed by atoms with van der Waals surface area (Å²) in [6.07, 6.45) is 18.0. The van der Waals surface area contributed by atoms with Gasteiger partial charge in [-0.2, -0.15) is 0 Å². The van der Waals surface area contributed by atoms with Gasteiger partial charge < -0.3 is 10.0 Å². The highest BCUT2D eigenvalue weighted by Gasteiger charge is 2.14. The van der Waals surface area contributed by atoms with E-state index in [0.717, 1.165) is 12.0 Å². The molecule has 0 saturated carbocycles. The van der Waals surface area contributed by atoms with Crippen molar-refractivity contribution in [1.82, 2.24) is 0 Å². The lowest BCUT2D eigenvalue weighted by molar-refractivity contribution is -0.377. The minimum absolute atomic E-state index is 0.541. The summed E-state index contributed by atoms with van der Waals surface area (Å²) in [6.45, 7) is 2.26. The van der Waals surface area contributed by atoms with Crippen molar-refractivity contribution < 1.29 is 15.0 Å². The van der Waals surface area contributed by atoms with Crippen LogP contribution in [0.15, 0.2) is 18.5 Å². The zero-order valence-electron chi connectivity index (χ0n) is 13.5. The molecule has 3 N–H and O–H groups in total. The Morgan fingerprint density at radius 3 is 2.00 bits per heavy atom. The van der Waals surface area contributed by atoms with E-state index in [-0.39, 0.29) is 0 Å². The van der Waals surface area contributed by atoms with Crippen molar-refractivity contribution in [2.24, 2.45) is 0 Å². The SMILES string of the molecule is CCCCCCCCCCCCc1c[nH+]cc(B(O)O)c1. The Labute approximate surface area is 130 Å². The van der Waals surface area contributed by atoms with E-state index in [1.54, 1.807) is 6.20 Å². The van der Waals surface area contributed by atoms with Gasteiger partial charge in [0.25, 0.3) is 0 Å². The first kappa shape index (κ1) is 18.2. The fraction of sp³-hybridized carbons (Fsp3) is 0.706. The number of H-pyrrole nitrogens is 1. The molecular formula is C17H31BNO2+. The zero-order valence-corrected chi connectivity index (χ0v) is 13.5. The number of unbranched alkanes of at least 4 members (excludes halogenated alkanes) is 9. The molecule has 21 heavy (non-hydrogen) atoms. The zero-order chi connectivity index (χ0) is 15.3. The molecule has 1 rings (SSSR count). The summed E-state index contributed by atoms with van der Waals surface area (Å²) in [4.78, 5) is 2.98. The smallest absolute Gasteiger partial charge is 0.423 e. The Morgan fingerprint density at radius 1 is 0.857 bits per heavy atom. The Hall–Kier alpha value is -0.865. The van der Waals surface area contributed by atoms with Gasteiger partial charge >= 0.3 is 7.12 Å². The second-order valence-electron chi connectivity index (χ2n) is 5.98. The van der Waals surface area contributed by atoms with Crippen molar-refractivity contribution >= 4 is 12.6 Å². The van der Waals surface area contributed by atoms with Crippen LogP contribution in [0.5, 0.6) is 0 Å². The Balaban J connectivity index is 2.00. The lowest BCUT2D eigenvalue weighted by atomic mass is 9.81. The van der Waals surface area contributed by atoms with Crippen molar-refractivity contribution in [3.05, 3.63) is 24.0 Å². The van der Waals surface area contributed by atoms with Gasteiger partial charge in [0.15, 0.2) is 12.4 Å². The van der Waals surface area contributed by atoms with Crippen LogP contribution in [0.1, 0.15) is 76.7 Å². The Morgan fingerprint density at radius 2 is 1.43 bits per heavy atom. The molecular weight excluding hydrogens is 261 g/mol. The predicted octanol–water partition coefficient (Wildman–Crippen LogP) is 2.64. The molecule has 0 aliphatic heterocycles. The van der Waals surface area contributed by atoms with E-state index in [1.165, 1.54) is 64.2 Å². The van der Waals surface area contributed by atoms with Gasteiger partial charge in [-0.3, -0.25) is 0 Å². The molecule has 0 aromatic carbocycles. The summed E-state index contributed by atoms with van der Waals surface area (Å²) in [5.74, 6) is 0. The average molecular weight is 292 g/mol. The third kappa shape index (κ3) is 8.89. The molecule has 3 nitrogen and oxygen atoms in total. The van der Waals surface area contributed by atoms with Gasteiger partial charge in [0.1, 0.15) is 0 Å². The van der Waals surface area contributed by atoms with Gasteiger partial charge in [0.2, 0.25) is 0 Å². The van der Waals surface area contributed by atoms with Crippen LogP contribution in [-0.4, -0.2) is 17.2 Å². The van der Waals surface area contributed by atoms with Crippen molar-refractivity contribution in [3.8, 4) is 0 Å². The minimum atomic E-state index is -1.38. The summed E-state index contributed by atoms with van der Waals surface area (Å²) in [5, 5.41) is 18.3. The molecule has 0 spiro atoms. The van der Waals surface area contributed by atoms with Crippen molar-refractivity contribution in [1.29, 1.82) is 0 Å². The van der Waals surface area contributed by atoms with Gasteiger partial charge in [-0.25, -0.2) is 4.98 Å². The van der Waals surface area contributed by atoms with Gasteiger partial charge in [0.05, 0.1) is 0 Å². The minimum Gasteiger partial charge on any atom is -0.423 e. The molecule has 0 unspecified atom stereocenters. The number of aryl methyl sites for hydroxylation is 1. The molecule has 0 radical (unpaired) electrons. The maximum absolute atomic E-state index is 9.13. The summed E-state index contributed by atoms with van der Waals surface area (Å²) in [7, 11) is -1.38. The van der Waals surface area contributed by atoms with Crippen LogP contribution < -0.4 is 10.4 Å². The lowest BCUT2D eigenvalue weighted by Gasteiger charge is -2.03. The molecule has 0 amide bonds. The Bertz CT molecular complexity index is 372. The molecule has 0 atom stereocenters. The van der Waals surface area contributed by atoms with E-state index in [0.29, 0.717) is 5.46 Å². The Kier molecular flexibility index (Phi) is 10.2. The number of hydrogen-bond donors (Lipinski definition) is 2. The fourth-order valence-corrected chi connectivity index (χ4v) is 2.65. The molecule has 0 bridgehead atoms. The number of hydrogen-bond acceptors (Lipinski definition) is 2. The highest BCUT2D eigenvalue weighted by molar-refractivity contribution is 6.58. The largest absolute Gasteiger partial charge is 0.494 e. The second kappa shape index (κ2) is 11.8. The fourth-order valence-electron chi connectivity index (χ4n) is 2.65. The summed E-state index contributed by atoms with van der Waals surface area (Å²) < 4.78 is 0. The molecule has 1 aromatic rings.